The summed E-state index contributed by atoms with van der Waals surface area (Å²) in [6.45, 7) is 7.50. The number of aryl methyl sites for hydroxylation is 2. The van der Waals surface area contributed by atoms with Gasteiger partial charge in [-0.15, -0.1) is 0 Å². The molecule has 1 aromatic rings. The van der Waals surface area contributed by atoms with Crippen molar-refractivity contribution in [3.63, 3.8) is 0 Å². The number of carboxylic acid groups (broad SMARTS) is 1. The first kappa shape index (κ1) is 21.4. The molecule has 1 aliphatic rings. The first-order valence-electron chi connectivity index (χ1n) is 9.03. The van der Waals surface area contributed by atoms with E-state index in [9.17, 15) is 18.0 Å². The van der Waals surface area contributed by atoms with E-state index in [4.69, 9.17) is 5.11 Å². The van der Waals surface area contributed by atoms with Crippen molar-refractivity contribution < 1.29 is 23.1 Å². The van der Waals surface area contributed by atoms with Crippen LogP contribution >= 0.6 is 0 Å². The summed E-state index contributed by atoms with van der Waals surface area (Å²) in [7, 11) is -3.57. The molecule has 150 valence electrons. The number of benzene rings is 1. The average molecular weight is 397 g/mol. The number of rotatable bonds is 6. The van der Waals surface area contributed by atoms with Crippen molar-refractivity contribution in [1.29, 1.82) is 0 Å². The van der Waals surface area contributed by atoms with E-state index >= 15 is 0 Å². The van der Waals surface area contributed by atoms with Crippen LogP contribution in [0.5, 0.6) is 0 Å². The number of carbonyl (C=O) groups is 2. The number of piperidine rings is 1. The number of nitrogens with zero attached hydrogens (tertiary/aromatic N) is 1. The molecule has 0 unspecified atom stereocenters. The zero-order valence-electron chi connectivity index (χ0n) is 16.3. The molecular weight excluding hydrogens is 368 g/mol. The molecule has 0 bridgehead atoms. The van der Waals surface area contributed by atoms with Crippen LogP contribution in [0.4, 0.5) is 0 Å². The van der Waals surface area contributed by atoms with Crippen molar-refractivity contribution in [2.24, 2.45) is 11.3 Å². The first-order chi connectivity index (χ1) is 12.4. The van der Waals surface area contributed by atoms with Gasteiger partial charge < -0.3 is 10.4 Å². The molecule has 1 fully saturated rings. The highest BCUT2D eigenvalue weighted by Gasteiger charge is 2.33. The molecule has 1 amide bonds. The number of carboxylic acids is 1. The molecule has 0 saturated carbocycles. The number of amides is 1. The first-order valence-corrected chi connectivity index (χ1v) is 10.5. The van der Waals surface area contributed by atoms with Gasteiger partial charge in [-0.3, -0.25) is 9.59 Å². The van der Waals surface area contributed by atoms with Crippen LogP contribution in [-0.4, -0.2) is 49.3 Å². The van der Waals surface area contributed by atoms with Gasteiger partial charge in [0, 0.05) is 25.6 Å². The zero-order chi connectivity index (χ0) is 20.4. The van der Waals surface area contributed by atoms with Gasteiger partial charge in [0.2, 0.25) is 15.9 Å². The summed E-state index contributed by atoms with van der Waals surface area (Å²) < 4.78 is 27.1. The quantitative estimate of drug-likeness (QED) is 0.765. The van der Waals surface area contributed by atoms with Gasteiger partial charge in [-0.2, -0.15) is 4.31 Å². The summed E-state index contributed by atoms with van der Waals surface area (Å²) in [5.74, 6) is -1.49. The molecule has 1 aromatic carbocycles. The third-order valence-electron chi connectivity index (χ3n) is 5.22. The molecule has 0 aliphatic carbocycles. The number of nitrogens with one attached hydrogen (secondary N) is 1. The van der Waals surface area contributed by atoms with Gasteiger partial charge >= 0.3 is 5.97 Å². The van der Waals surface area contributed by atoms with Gasteiger partial charge in [0.05, 0.1) is 10.3 Å². The van der Waals surface area contributed by atoms with E-state index in [0.717, 1.165) is 11.1 Å². The van der Waals surface area contributed by atoms with Crippen molar-refractivity contribution in [3.8, 4) is 0 Å². The Bertz CT molecular complexity index is 825. The second-order valence-corrected chi connectivity index (χ2v) is 9.77. The number of aliphatic carboxylic acids is 1. The smallest absolute Gasteiger partial charge is 0.310 e. The summed E-state index contributed by atoms with van der Waals surface area (Å²) >= 11 is 0. The van der Waals surface area contributed by atoms with E-state index in [1.807, 2.05) is 13.8 Å². The van der Waals surface area contributed by atoms with Crippen LogP contribution in [0.15, 0.2) is 23.1 Å². The van der Waals surface area contributed by atoms with Crippen molar-refractivity contribution in [1.82, 2.24) is 9.62 Å². The van der Waals surface area contributed by atoms with E-state index in [2.05, 4.69) is 5.32 Å². The van der Waals surface area contributed by atoms with Crippen molar-refractivity contribution in [2.75, 3.05) is 19.6 Å². The third kappa shape index (κ3) is 4.87. The van der Waals surface area contributed by atoms with E-state index in [1.54, 1.807) is 32.0 Å². The van der Waals surface area contributed by atoms with Crippen LogP contribution in [0.1, 0.15) is 37.8 Å². The maximum atomic E-state index is 12.8. The normalized spacial score (nSPS) is 16.9. The summed E-state index contributed by atoms with van der Waals surface area (Å²) in [6.07, 6.45) is 0.840. The SMILES string of the molecule is Cc1ccc(S(=O)(=O)N2CCC(C(=O)NCC(C)(C)C(=O)O)CC2)cc1C. The molecule has 8 heteroatoms. The van der Waals surface area contributed by atoms with Crippen molar-refractivity contribution >= 4 is 21.9 Å². The van der Waals surface area contributed by atoms with E-state index in [0.29, 0.717) is 12.8 Å². The molecule has 2 N–H and O–H groups in total. The number of hydrogen-bond acceptors (Lipinski definition) is 4. The molecule has 0 aromatic heterocycles. The Labute approximate surface area is 160 Å². The second kappa shape index (κ2) is 7.98. The van der Waals surface area contributed by atoms with Crippen LogP contribution in [0.2, 0.25) is 0 Å². The highest BCUT2D eigenvalue weighted by molar-refractivity contribution is 7.89. The average Bonchev–Trinajstić information content (AvgIpc) is 2.62. The van der Waals surface area contributed by atoms with E-state index in [-0.39, 0.29) is 36.4 Å². The van der Waals surface area contributed by atoms with E-state index in [1.165, 1.54) is 4.31 Å². The minimum Gasteiger partial charge on any atom is -0.481 e. The number of sulfonamides is 1. The van der Waals surface area contributed by atoms with Crippen LogP contribution < -0.4 is 5.32 Å². The lowest BCUT2D eigenvalue weighted by Gasteiger charge is -2.31. The standard InChI is InChI=1S/C19H28N2O5S/c1-13-5-6-16(11-14(13)2)27(25,26)21-9-7-15(8-10-21)17(22)20-12-19(3,4)18(23)24/h5-6,11,15H,7-10,12H2,1-4H3,(H,20,22)(H,23,24). The molecule has 1 aliphatic heterocycles. The van der Waals surface area contributed by atoms with E-state index < -0.39 is 21.4 Å². The Hall–Kier alpha value is -1.93. The predicted molar refractivity (Wildman–Crippen MR) is 102 cm³/mol. The molecule has 7 nitrogen and oxygen atoms in total. The fourth-order valence-corrected chi connectivity index (χ4v) is 4.47. The van der Waals surface area contributed by atoms with Crippen molar-refractivity contribution in [2.45, 2.75) is 45.4 Å². The van der Waals surface area contributed by atoms with Crippen LogP contribution in [0, 0.1) is 25.2 Å². The maximum absolute atomic E-state index is 12.8. The van der Waals surface area contributed by atoms with Gasteiger partial charge in [-0.1, -0.05) is 6.07 Å². The fraction of sp³-hybridized carbons (Fsp3) is 0.579. The lowest BCUT2D eigenvalue weighted by Crippen LogP contribution is -2.45. The van der Waals surface area contributed by atoms with Gasteiger partial charge in [0.25, 0.3) is 0 Å². The minimum absolute atomic E-state index is 0.0440. The van der Waals surface area contributed by atoms with Crippen LogP contribution in [0.25, 0.3) is 0 Å². The predicted octanol–water partition coefficient (Wildman–Crippen LogP) is 1.93. The minimum atomic E-state index is -3.57. The molecule has 0 atom stereocenters. The summed E-state index contributed by atoms with van der Waals surface area (Å²) in [5, 5.41) is 11.8. The maximum Gasteiger partial charge on any atom is 0.310 e. The van der Waals surface area contributed by atoms with Gasteiger partial charge in [-0.25, -0.2) is 8.42 Å². The Morgan fingerprint density at radius 2 is 1.78 bits per heavy atom. The largest absolute Gasteiger partial charge is 0.481 e. The monoisotopic (exact) mass is 396 g/mol. The van der Waals surface area contributed by atoms with Crippen LogP contribution in [-0.2, 0) is 19.6 Å². The molecule has 0 spiro atoms. The summed E-state index contributed by atoms with van der Waals surface area (Å²) in [4.78, 5) is 23.7. The molecule has 1 heterocycles. The molecule has 0 radical (unpaired) electrons. The Morgan fingerprint density at radius 1 is 1.19 bits per heavy atom. The Balaban J connectivity index is 1.97. The lowest BCUT2D eigenvalue weighted by atomic mass is 9.92. The fourth-order valence-electron chi connectivity index (χ4n) is 2.91. The molecule has 2 rings (SSSR count). The van der Waals surface area contributed by atoms with Crippen molar-refractivity contribution in [3.05, 3.63) is 29.3 Å². The zero-order valence-corrected chi connectivity index (χ0v) is 17.1. The molecule has 27 heavy (non-hydrogen) atoms. The summed E-state index contributed by atoms with van der Waals surface area (Å²) in [6, 6.07) is 5.09. The second-order valence-electron chi connectivity index (χ2n) is 7.83. The summed E-state index contributed by atoms with van der Waals surface area (Å²) in [5.41, 5.74) is 0.920. The van der Waals surface area contributed by atoms with Gasteiger partial charge in [-0.05, 0) is 63.8 Å². The third-order valence-corrected chi connectivity index (χ3v) is 7.12. The highest BCUT2D eigenvalue weighted by Crippen LogP contribution is 2.25. The Morgan fingerprint density at radius 3 is 2.30 bits per heavy atom. The van der Waals surface area contributed by atoms with Gasteiger partial charge in [0.1, 0.15) is 0 Å². The van der Waals surface area contributed by atoms with Gasteiger partial charge in [0.15, 0.2) is 0 Å². The highest BCUT2D eigenvalue weighted by atomic mass is 32.2. The lowest BCUT2D eigenvalue weighted by molar-refractivity contribution is -0.147. The number of hydrogen-bond donors (Lipinski definition) is 2. The topological polar surface area (TPSA) is 104 Å². The number of carbonyl (C=O) groups excluding carboxylic acids is 1. The Kier molecular flexibility index (Phi) is 6.32. The molecular formula is C19H28N2O5S. The molecule has 1 saturated heterocycles. The van der Waals surface area contributed by atoms with Crippen LogP contribution in [0.3, 0.4) is 0 Å².